The summed E-state index contributed by atoms with van der Waals surface area (Å²) in [5, 5.41) is 10.6. The molecule has 1 amide bonds. The molecule has 0 aromatic heterocycles. The number of hydrogen-bond donors (Lipinski definition) is 0. The van der Waals surface area contributed by atoms with Crippen molar-refractivity contribution in [1.29, 1.82) is 0 Å². The molecule has 0 bridgehead atoms. The van der Waals surface area contributed by atoms with E-state index in [1.807, 2.05) is 0 Å². The first-order valence-electron chi connectivity index (χ1n) is 8.72. The Morgan fingerprint density at radius 3 is 2.46 bits per heavy atom. The van der Waals surface area contributed by atoms with Crippen LogP contribution in [0.15, 0.2) is 29.2 Å². The third-order valence-electron chi connectivity index (χ3n) is 4.53. The van der Waals surface area contributed by atoms with Gasteiger partial charge in [0.05, 0.1) is 10.7 Å². The van der Waals surface area contributed by atoms with Crippen LogP contribution in [0.4, 0.5) is 5.69 Å². The molecule has 0 unspecified atom stereocenters. The molecule has 0 saturated heterocycles. The van der Waals surface area contributed by atoms with Crippen molar-refractivity contribution in [3.05, 3.63) is 34.4 Å². The number of esters is 1. The fourth-order valence-corrected chi connectivity index (χ4v) is 3.70. The summed E-state index contributed by atoms with van der Waals surface area (Å²) in [5.74, 6) is -0.611. The Morgan fingerprint density at radius 2 is 1.88 bits per heavy atom. The second kappa shape index (κ2) is 9.56. The maximum atomic E-state index is 12.4. The summed E-state index contributed by atoms with van der Waals surface area (Å²) in [6.07, 6.45) is 4.65. The van der Waals surface area contributed by atoms with E-state index in [1.165, 1.54) is 30.3 Å². The van der Waals surface area contributed by atoms with Crippen LogP contribution in [0.1, 0.15) is 39.0 Å². The number of hydrogen-bond acceptors (Lipinski definition) is 6. The highest BCUT2D eigenvalue weighted by atomic mass is 32.2. The second-order valence-corrected chi connectivity index (χ2v) is 7.46. The number of non-ortho nitro benzene ring substituents is 1. The summed E-state index contributed by atoms with van der Waals surface area (Å²) in [6.45, 7) is 1.59. The number of rotatable bonds is 7. The Balaban J connectivity index is 1.78. The van der Waals surface area contributed by atoms with Crippen molar-refractivity contribution in [3.63, 3.8) is 0 Å². The lowest BCUT2D eigenvalue weighted by Crippen LogP contribution is -2.44. The average molecular weight is 380 g/mol. The molecule has 1 aromatic rings. The van der Waals surface area contributed by atoms with Gasteiger partial charge in [-0.25, -0.2) is 0 Å². The number of amides is 1. The van der Waals surface area contributed by atoms with E-state index >= 15 is 0 Å². The number of likely N-dealkylation sites (N-methyl/N-ethyl adjacent to an activating group) is 1. The summed E-state index contributed by atoms with van der Waals surface area (Å²) >= 11 is 1.22. The Bertz CT molecular complexity index is 643. The molecule has 0 spiro atoms. The number of nitrogens with zero attached hydrogens (tertiary/aromatic N) is 2. The van der Waals surface area contributed by atoms with Crippen molar-refractivity contribution in [2.24, 2.45) is 0 Å². The van der Waals surface area contributed by atoms with Crippen LogP contribution in [0.2, 0.25) is 0 Å². The van der Waals surface area contributed by atoms with Crippen LogP contribution in [-0.2, 0) is 14.3 Å². The molecule has 1 fully saturated rings. The van der Waals surface area contributed by atoms with Crippen LogP contribution in [0.3, 0.4) is 0 Å². The summed E-state index contributed by atoms with van der Waals surface area (Å²) in [4.78, 5) is 37.0. The van der Waals surface area contributed by atoms with Crippen LogP contribution >= 0.6 is 11.8 Å². The summed E-state index contributed by atoms with van der Waals surface area (Å²) in [5.41, 5.74) is 0.00175. The molecule has 0 heterocycles. The van der Waals surface area contributed by atoms with Gasteiger partial charge in [-0.1, -0.05) is 19.3 Å². The van der Waals surface area contributed by atoms with Crippen molar-refractivity contribution in [2.45, 2.75) is 56.1 Å². The smallest absolute Gasteiger partial charge is 0.317 e. The van der Waals surface area contributed by atoms with Gasteiger partial charge in [-0.3, -0.25) is 19.7 Å². The molecule has 1 atom stereocenters. The maximum absolute atomic E-state index is 12.4. The van der Waals surface area contributed by atoms with Gasteiger partial charge >= 0.3 is 5.97 Å². The zero-order valence-electron chi connectivity index (χ0n) is 15.1. The Morgan fingerprint density at radius 1 is 1.27 bits per heavy atom. The van der Waals surface area contributed by atoms with Crippen molar-refractivity contribution >= 4 is 29.3 Å². The Hall–Kier alpha value is -2.09. The second-order valence-electron chi connectivity index (χ2n) is 6.41. The van der Waals surface area contributed by atoms with Gasteiger partial charge in [0.25, 0.3) is 11.6 Å². The first-order valence-corrected chi connectivity index (χ1v) is 9.70. The van der Waals surface area contributed by atoms with Crippen LogP contribution < -0.4 is 0 Å². The van der Waals surface area contributed by atoms with Crippen molar-refractivity contribution in [3.8, 4) is 0 Å². The number of nitro groups is 1. The van der Waals surface area contributed by atoms with Gasteiger partial charge in [-0.2, -0.15) is 0 Å². The molecular weight excluding hydrogens is 356 g/mol. The average Bonchev–Trinajstić information content (AvgIpc) is 2.66. The van der Waals surface area contributed by atoms with Gasteiger partial charge < -0.3 is 9.64 Å². The van der Waals surface area contributed by atoms with E-state index in [2.05, 4.69) is 0 Å². The molecule has 0 aliphatic heterocycles. The lowest BCUT2D eigenvalue weighted by Gasteiger charge is -2.32. The molecule has 26 heavy (non-hydrogen) atoms. The fraction of sp³-hybridized carbons (Fsp3) is 0.556. The molecule has 1 saturated carbocycles. The lowest BCUT2D eigenvalue weighted by atomic mass is 9.94. The van der Waals surface area contributed by atoms with E-state index in [4.69, 9.17) is 4.74 Å². The van der Waals surface area contributed by atoms with E-state index in [1.54, 1.807) is 31.0 Å². The fourth-order valence-electron chi connectivity index (χ4n) is 3.02. The third-order valence-corrected chi connectivity index (χ3v) is 5.52. The SMILES string of the molecule is C[C@@H](OC(=O)CSc1ccc([N+](=O)[O-])cc1)C(=O)N(C)C1CCCCC1. The van der Waals surface area contributed by atoms with E-state index in [-0.39, 0.29) is 23.4 Å². The van der Waals surface area contributed by atoms with Crippen LogP contribution in [0.5, 0.6) is 0 Å². The molecule has 1 aliphatic rings. The van der Waals surface area contributed by atoms with Gasteiger partial charge in [-0.05, 0) is 31.9 Å². The van der Waals surface area contributed by atoms with E-state index in [0.717, 1.165) is 30.6 Å². The van der Waals surface area contributed by atoms with Gasteiger partial charge in [-0.15, -0.1) is 11.8 Å². The highest BCUT2D eigenvalue weighted by Crippen LogP contribution is 2.23. The van der Waals surface area contributed by atoms with Crippen LogP contribution in [0, 0.1) is 10.1 Å². The molecule has 2 rings (SSSR count). The molecule has 0 radical (unpaired) electrons. The third kappa shape index (κ3) is 5.72. The van der Waals surface area contributed by atoms with E-state index in [0.29, 0.717) is 0 Å². The predicted octanol–water partition coefficient (Wildman–Crippen LogP) is 3.41. The van der Waals surface area contributed by atoms with E-state index < -0.39 is 17.0 Å². The highest BCUT2D eigenvalue weighted by molar-refractivity contribution is 8.00. The summed E-state index contributed by atoms with van der Waals surface area (Å²) < 4.78 is 5.25. The van der Waals surface area contributed by atoms with Crippen LogP contribution in [-0.4, -0.2) is 46.6 Å². The number of carbonyl (C=O) groups is 2. The quantitative estimate of drug-likeness (QED) is 0.312. The molecule has 1 aromatic carbocycles. The summed E-state index contributed by atoms with van der Waals surface area (Å²) in [6, 6.07) is 6.17. The molecule has 8 heteroatoms. The minimum atomic E-state index is -0.813. The van der Waals surface area contributed by atoms with Crippen molar-refractivity contribution in [2.75, 3.05) is 12.8 Å². The maximum Gasteiger partial charge on any atom is 0.317 e. The Kier molecular flexibility index (Phi) is 7.44. The molecule has 0 N–H and O–H groups in total. The normalized spacial score (nSPS) is 15.9. The van der Waals surface area contributed by atoms with Gasteiger partial charge in [0.2, 0.25) is 0 Å². The minimum Gasteiger partial charge on any atom is -0.452 e. The number of nitro benzene ring substituents is 1. The van der Waals surface area contributed by atoms with Gasteiger partial charge in [0.15, 0.2) is 6.10 Å². The standard InChI is InChI=1S/C18H24N2O5S/c1-13(18(22)19(2)14-6-4-3-5-7-14)25-17(21)12-26-16-10-8-15(9-11-16)20(23)24/h8-11,13-14H,3-7,12H2,1-2H3/t13-/m1/s1. The first kappa shape index (κ1) is 20.2. The largest absolute Gasteiger partial charge is 0.452 e. The number of ether oxygens (including phenoxy) is 1. The molecule has 142 valence electrons. The highest BCUT2D eigenvalue weighted by Gasteiger charge is 2.27. The number of carbonyl (C=O) groups excluding carboxylic acids is 2. The predicted molar refractivity (Wildman–Crippen MR) is 99.0 cm³/mol. The molecule has 7 nitrogen and oxygen atoms in total. The van der Waals surface area contributed by atoms with Crippen molar-refractivity contribution < 1.29 is 19.2 Å². The van der Waals surface area contributed by atoms with E-state index in [9.17, 15) is 19.7 Å². The monoisotopic (exact) mass is 380 g/mol. The number of benzene rings is 1. The lowest BCUT2D eigenvalue weighted by molar-refractivity contribution is -0.384. The zero-order chi connectivity index (χ0) is 19.1. The first-order chi connectivity index (χ1) is 12.4. The number of thioether (sulfide) groups is 1. The topological polar surface area (TPSA) is 89.7 Å². The molecule has 1 aliphatic carbocycles. The zero-order valence-corrected chi connectivity index (χ0v) is 15.9. The molecular formula is C18H24N2O5S. The van der Waals surface area contributed by atoms with Gasteiger partial charge in [0.1, 0.15) is 0 Å². The van der Waals surface area contributed by atoms with Crippen molar-refractivity contribution in [1.82, 2.24) is 4.90 Å². The van der Waals surface area contributed by atoms with Gasteiger partial charge in [0, 0.05) is 30.1 Å². The minimum absolute atomic E-state index is 0.00175. The Labute approximate surface area is 157 Å². The summed E-state index contributed by atoms with van der Waals surface area (Å²) in [7, 11) is 1.77. The van der Waals surface area contributed by atoms with Crippen LogP contribution in [0.25, 0.3) is 0 Å².